The lowest BCUT2D eigenvalue weighted by molar-refractivity contribution is 0.593. The third-order valence-corrected chi connectivity index (χ3v) is 5.87. The molecule has 3 aromatic rings. The number of benzene rings is 3. The van der Waals surface area contributed by atoms with Crippen LogP contribution in [0.15, 0.2) is 65.6 Å². The van der Waals surface area contributed by atoms with E-state index in [9.17, 15) is 8.42 Å². The standard InChI is InChI=1S/C18H12N2O2S/c19-11-13-4-1-5-14(10-13)12-20-16-8-2-6-15-7-3-9-17(18(15)16)23(20,21)22/h1-10H,12H2. The molecule has 0 fully saturated rings. The first-order valence-corrected chi connectivity index (χ1v) is 8.59. The monoisotopic (exact) mass is 320 g/mol. The van der Waals surface area contributed by atoms with E-state index in [-0.39, 0.29) is 6.54 Å². The minimum atomic E-state index is -3.57. The van der Waals surface area contributed by atoms with Crippen LogP contribution in [0.4, 0.5) is 5.69 Å². The van der Waals surface area contributed by atoms with Gasteiger partial charge in [0.25, 0.3) is 10.0 Å². The lowest BCUT2D eigenvalue weighted by Gasteiger charge is -2.19. The number of hydrogen-bond donors (Lipinski definition) is 0. The van der Waals surface area contributed by atoms with Crippen molar-refractivity contribution in [2.45, 2.75) is 11.4 Å². The average Bonchev–Trinajstić information content (AvgIpc) is 2.79. The molecule has 3 aromatic carbocycles. The van der Waals surface area contributed by atoms with Gasteiger partial charge in [-0.05, 0) is 35.2 Å². The highest BCUT2D eigenvalue weighted by Gasteiger charge is 2.35. The van der Waals surface area contributed by atoms with Crippen molar-refractivity contribution in [1.82, 2.24) is 0 Å². The van der Waals surface area contributed by atoms with Gasteiger partial charge in [0.2, 0.25) is 0 Å². The normalized spacial score (nSPS) is 14.8. The number of hydrogen-bond acceptors (Lipinski definition) is 3. The van der Waals surface area contributed by atoms with Gasteiger partial charge in [0.05, 0.1) is 28.8 Å². The summed E-state index contributed by atoms with van der Waals surface area (Å²) in [5.74, 6) is 0. The number of anilines is 1. The highest BCUT2D eigenvalue weighted by Crippen LogP contribution is 2.42. The van der Waals surface area contributed by atoms with Gasteiger partial charge in [0, 0.05) is 5.39 Å². The molecule has 4 rings (SSSR count). The molecule has 5 heteroatoms. The van der Waals surface area contributed by atoms with Gasteiger partial charge in [-0.3, -0.25) is 4.31 Å². The van der Waals surface area contributed by atoms with Crippen LogP contribution in [0.3, 0.4) is 0 Å². The van der Waals surface area contributed by atoms with E-state index in [1.807, 2.05) is 30.3 Å². The predicted octanol–water partition coefficient (Wildman–Crippen LogP) is 3.42. The van der Waals surface area contributed by atoms with Crippen LogP contribution in [-0.2, 0) is 16.6 Å². The van der Waals surface area contributed by atoms with E-state index in [0.29, 0.717) is 16.1 Å². The molecule has 23 heavy (non-hydrogen) atoms. The number of rotatable bonds is 2. The molecule has 0 N–H and O–H groups in total. The molecule has 0 atom stereocenters. The third kappa shape index (κ3) is 2.00. The van der Waals surface area contributed by atoms with Gasteiger partial charge < -0.3 is 0 Å². The summed E-state index contributed by atoms with van der Waals surface area (Å²) in [6, 6.07) is 20.0. The van der Waals surface area contributed by atoms with Crippen molar-refractivity contribution in [3.63, 3.8) is 0 Å². The highest BCUT2D eigenvalue weighted by molar-refractivity contribution is 7.93. The zero-order valence-electron chi connectivity index (χ0n) is 12.1. The maximum atomic E-state index is 12.9. The second-order valence-corrected chi connectivity index (χ2v) is 7.29. The first kappa shape index (κ1) is 13.8. The van der Waals surface area contributed by atoms with Gasteiger partial charge in [0.1, 0.15) is 0 Å². The van der Waals surface area contributed by atoms with Crippen LogP contribution in [0.5, 0.6) is 0 Å². The van der Waals surface area contributed by atoms with Crippen LogP contribution in [0.1, 0.15) is 11.1 Å². The van der Waals surface area contributed by atoms with Crippen LogP contribution in [0, 0.1) is 11.3 Å². The van der Waals surface area contributed by atoms with Gasteiger partial charge in [0.15, 0.2) is 0 Å². The van der Waals surface area contributed by atoms with E-state index in [1.54, 1.807) is 30.3 Å². The van der Waals surface area contributed by atoms with Crippen LogP contribution < -0.4 is 4.31 Å². The third-order valence-electron chi connectivity index (χ3n) is 4.06. The van der Waals surface area contributed by atoms with Crippen LogP contribution in [0.25, 0.3) is 10.8 Å². The molecule has 0 aliphatic carbocycles. The predicted molar refractivity (Wildman–Crippen MR) is 88.5 cm³/mol. The quantitative estimate of drug-likeness (QED) is 0.727. The Hall–Kier alpha value is -2.84. The lowest BCUT2D eigenvalue weighted by Crippen LogP contribution is -2.26. The molecular formula is C18H12N2O2S. The minimum absolute atomic E-state index is 0.214. The Morgan fingerprint density at radius 3 is 2.52 bits per heavy atom. The maximum absolute atomic E-state index is 12.9. The van der Waals surface area contributed by atoms with Gasteiger partial charge in [-0.1, -0.05) is 36.4 Å². The molecule has 4 nitrogen and oxygen atoms in total. The number of sulfonamides is 1. The molecule has 1 aliphatic heterocycles. The SMILES string of the molecule is N#Cc1cccc(CN2c3cccc4cccc(c34)S2(=O)=O)c1. The van der Waals surface area contributed by atoms with Gasteiger partial charge >= 0.3 is 0 Å². The maximum Gasteiger partial charge on any atom is 0.265 e. The van der Waals surface area contributed by atoms with Crippen molar-refractivity contribution in [3.8, 4) is 6.07 Å². The molecule has 0 amide bonds. The van der Waals surface area contributed by atoms with Gasteiger partial charge in [-0.15, -0.1) is 0 Å². The highest BCUT2D eigenvalue weighted by atomic mass is 32.2. The molecule has 112 valence electrons. The van der Waals surface area contributed by atoms with Crippen LogP contribution in [-0.4, -0.2) is 8.42 Å². The largest absolute Gasteiger partial charge is 0.265 e. The van der Waals surface area contributed by atoms with E-state index >= 15 is 0 Å². The van der Waals surface area contributed by atoms with Crippen LogP contribution in [0.2, 0.25) is 0 Å². The molecule has 0 saturated heterocycles. The fourth-order valence-corrected chi connectivity index (χ4v) is 4.73. The Bertz CT molecular complexity index is 1080. The lowest BCUT2D eigenvalue weighted by atomic mass is 10.1. The van der Waals surface area contributed by atoms with Crippen molar-refractivity contribution in [3.05, 3.63) is 71.8 Å². The van der Waals surface area contributed by atoms with E-state index in [2.05, 4.69) is 6.07 Å². The van der Waals surface area contributed by atoms with Crippen molar-refractivity contribution in [2.75, 3.05) is 4.31 Å². The van der Waals surface area contributed by atoms with Crippen molar-refractivity contribution in [2.24, 2.45) is 0 Å². The molecule has 0 unspecified atom stereocenters. The topological polar surface area (TPSA) is 61.2 Å². The second-order valence-electron chi connectivity index (χ2n) is 5.46. The fourth-order valence-electron chi connectivity index (χ4n) is 3.03. The molecular weight excluding hydrogens is 308 g/mol. The van der Waals surface area contributed by atoms with E-state index < -0.39 is 10.0 Å². The Balaban J connectivity index is 1.88. The summed E-state index contributed by atoms with van der Waals surface area (Å²) in [6.07, 6.45) is 0. The first-order chi connectivity index (χ1) is 11.1. The van der Waals surface area contributed by atoms with Gasteiger partial charge in [-0.2, -0.15) is 5.26 Å². The fraction of sp³-hybridized carbons (Fsp3) is 0.0556. The zero-order valence-corrected chi connectivity index (χ0v) is 12.9. The second kappa shape index (κ2) is 4.83. The summed E-state index contributed by atoms with van der Waals surface area (Å²) in [5, 5.41) is 10.7. The van der Waals surface area contributed by atoms with E-state index in [4.69, 9.17) is 5.26 Å². The summed E-state index contributed by atoms with van der Waals surface area (Å²) in [5.41, 5.74) is 2.01. The molecule has 0 spiro atoms. The molecule has 0 bridgehead atoms. The van der Waals surface area contributed by atoms with Crippen molar-refractivity contribution >= 4 is 26.5 Å². The number of nitriles is 1. The summed E-state index contributed by atoms with van der Waals surface area (Å²) in [7, 11) is -3.57. The Morgan fingerprint density at radius 2 is 1.74 bits per heavy atom. The Kier molecular flexibility index (Phi) is 2.90. The summed E-state index contributed by atoms with van der Waals surface area (Å²) < 4.78 is 27.2. The summed E-state index contributed by atoms with van der Waals surface area (Å²) >= 11 is 0. The van der Waals surface area contributed by atoms with Gasteiger partial charge in [-0.25, -0.2) is 8.42 Å². The summed E-state index contributed by atoms with van der Waals surface area (Å²) in [4.78, 5) is 0.349. The first-order valence-electron chi connectivity index (χ1n) is 7.15. The van der Waals surface area contributed by atoms with Crippen molar-refractivity contribution in [1.29, 1.82) is 5.26 Å². The molecule has 0 saturated carbocycles. The molecule has 1 heterocycles. The smallest absolute Gasteiger partial charge is 0.261 e. The zero-order chi connectivity index (χ0) is 16.0. The van der Waals surface area contributed by atoms with Crippen LogP contribution >= 0.6 is 0 Å². The minimum Gasteiger partial charge on any atom is -0.261 e. The van der Waals surface area contributed by atoms with Crippen molar-refractivity contribution < 1.29 is 8.42 Å². The van der Waals surface area contributed by atoms with E-state index in [0.717, 1.165) is 16.3 Å². The van der Waals surface area contributed by atoms with E-state index in [1.165, 1.54) is 4.31 Å². The Labute approximate surface area is 134 Å². The summed E-state index contributed by atoms with van der Waals surface area (Å²) in [6.45, 7) is 0.214. The molecule has 1 aliphatic rings. The molecule has 0 radical (unpaired) electrons. The number of nitrogens with zero attached hydrogens (tertiary/aromatic N) is 2. The molecule has 0 aromatic heterocycles. The average molecular weight is 320 g/mol. The Morgan fingerprint density at radius 1 is 1.00 bits per heavy atom.